The highest BCUT2D eigenvalue weighted by molar-refractivity contribution is 5.76. The van der Waals surface area contributed by atoms with Crippen LogP contribution in [0.2, 0.25) is 0 Å². The summed E-state index contributed by atoms with van der Waals surface area (Å²) in [4.78, 5) is 13.4. The number of carbonyl (C=O) groups is 1. The molecule has 12 N–H and O–H groups in total. The van der Waals surface area contributed by atoms with E-state index in [-0.39, 0.29) is 18.9 Å². The number of nitrogens with one attached hydrogen (secondary N) is 1. The second-order valence-electron chi connectivity index (χ2n) is 24.9. The van der Waals surface area contributed by atoms with Gasteiger partial charge in [0.25, 0.3) is 0 Å². The maximum atomic E-state index is 13.4. The fourth-order valence-electron chi connectivity index (χ4n) is 11.3. The lowest BCUT2D eigenvalue weighted by atomic mass is 9.96. The first-order chi connectivity index (χ1) is 45.8. The molecule has 17 atom stereocenters. The molecule has 19 nitrogen and oxygen atoms in total. The van der Waals surface area contributed by atoms with Crippen molar-refractivity contribution in [1.29, 1.82) is 0 Å². The Hall–Kier alpha value is -3.81. The number of hydrogen-bond acceptors (Lipinski definition) is 18. The molecule has 19 heteroatoms. The van der Waals surface area contributed by atoms with Gasteiger partial charge < -0.3 is 89.9 Å². The Kier molecular flexibility index (Phi) is 49.5. The van der Waals surface area contributed by atoms with Gasteiger partial charge in [0.1, 0.15) is 73.2 Å². The van der Waals surface area contributed by atoms with Gasteiger partial charge in [-0.15, -0.1) is 0 Å². The molecule has 3 aliphatic rings. The van der Waals surface area contributed by atoms with E-state index < -0.39 is 124 Å². The number of amides is 1. The normalized spacial score (nSPS) is 28.1. The Morgan fingerprint density at radius 2 is 0.713 bits per heavy atom. The van der Waals surface area contributed by atoms with Crippen LogP contribution >= 0.6 is 0 Å². The molecule has 3 rings (SSSR count). The molecule has 94 heavy (non-hydrogen) atoms. The van der Waals surface area contributed by atoms with Crippen LogP contribution in [0, 0.1) is 0 Å². The second-order valence-corrected chi connectivity index (χ2v) is 24.9. The van der Waals surface area contributed by atoms with Crippen molar-refractivity contribution in [1.82, 2.24) is 5.32 Å². The molecular weight excluding hydrogens is 1200 g/mol. The first-order valence-electron chi connectivity index (χ1n) is 35.8. The largest absolute Gasteiger partial charge is 0.394 e. The van der Waals surface area contributed by atoms with Gasteiger partial charge in [-0.3, -0.25) is 4.79 Å². The van der Waals surface area contributed by atoms with Crippen molar-refractivity contribution in [3.8, 4) is 0 Å². The lowest BCUT2D eigenvalue weighted by Crippen LogP contribution is -2.66. The van der Waals surface area contributed by atoms with Gasteiger partial charge in [0.2, 0.25) is 5.91 Å². The average molecular weight is 1330 g/mol. The SMILES string of the molecule is CC/C=C\C/C=C\C/C=C\C/C=C\C/C=C\C/C=C\C/C=C\CCCCCCCCCCCCCCCCCCCC(=O)NC(COC1OC(CO)C(OC2OC(CO)C(OC3OC(CO)C(O)C(O)C3O)C(O)C2O)C(O)C1O)C(O)/C=C/CC/C=C/CC/C=C/CC. The Morgan fingerprint density at radius 1 is 0.383 bits per heavy atom. The first-order valence-corrected chi connectivity index (χ1v) is 35.8. The van der Waals surface area contributed by atoms with Crippen molar-refractivity contribution in [3.63, 3.8) is 0 Å². The van der Waals surface area contributed by atoms with E-state index in [1.165, 1.54) is 89.9 Å². The quantitative estimate of drug-likeness (QED) is 0.0199. The lowest BCUT2D eigenvalue weighted by molar-refractivity contribution is -0.379. The molecule has 3 saturated heterocycles. The molecule has 17 unspecified atom stereocenters. The number of ether oxygens (including phenoxy) is 6. The van der Waals surface area contributed by atoms with Gasteiger partial charge in [-0.1, -0.05) is 232 Å². The number of aliphatic hydroxyl groups is 11. The third kappa shape index (κ3) is 36.1. The summed E-state index contributed by atoms with van der Waals surface area (Å²) in [5, 5.41) is 120. The smallest absolute Gasteiger partial charge is 0.220 e. The summed E-state index contributed by atoms with van der Waals surface area (Å²) in [5.74, 6) is -0.296. The van der Waals surface area contributed by atoms with E-state index >= 15 is 0 Å². The molecule has 0 aromatic rings. The number of carbonyl (C=O) groups excluding carboxylic acids is 1. The van der Waals surface area contributed by atoms with Gasteiger partial charge in [0, 0.05) is 6.42 Å². The number of allylic oxidation sites excluding steroid dienone is 19. The van der Waals surface area contributed by atoms with Crippen molar-refractivity contribution in [2.75, 3.05) is 26.4 Å². The molecule has 3 heterocycles. The zero-order chi connectivity index (χ0) is 68.2. The highest BCUT2D eigenvalue weighted by Crippen LogP contribution is 2.33. The molecule has 0 aromatic carbocycles. The third-order valence-corrected chi connectivity index (χ3v) is 17.0. The minimum Gasteiger partial charge on any atom is -0.394 e. The zero-order valence-corrected chi connectivity index (χ0v) is 56.9. The predicted molar refractivity (Wildman–Crippen MR) is 369 cm³/mol. The molecule has 0 aliphatic carbocycles. The van der Waals surface area contributed by atoms with Gasteiger partial charge in [-0.2, -0.15) is 0 Å². The summed E-state index contributed by atoms with van der Waals surface area (Å²) < 4.78 is 34.2. The molecule has 0 radical (unpaired) electrons. The summed E-state index contributed by atoms with van der Waals surface area (Å²) in [5.41, 5.74) is 0. The van der Waals surface area contributed by atoms with Crippen LogP contribution in [0.3, 0.4) is 0 Å². The topological polar surface area (TPSA) is 307 Å². The van der Waals surface area contributed by atoms with Crippen molar-refractivity contribution in [3.05, 3.63) is 122 Å². The molecule has 0 saturated carbocycles. The molecule has 538 valence electrons. The fraction of sp³-hybridized carbons (Fsp3) is 0.720. The van der Waals surface area contributed by atoms with Crippen molar-refractivity contribution in [2.24, 2.45) is 0 Å². The number of rotatable bonds is 53. The van der Waals surface area contributed by atoms with Crippen LogP contribution in [0.4, 0.5) is 0 Å². The van der Waals surface area contributed by atoms with Crippen LogP contribution in [0.25, 0.3) is 0 Å². The van der Waals surface area contributed by atoms with Crippen LogP contribution in [0.1, 0.15) is 213 Å². The summed E-state index contributed by atoms with van der Waals surface area (Å²) in [6, 6.07) is -1.00. The van der Waals surface area contributed by atoms with Gasteiger partial charge in [-0.25, -0.2) is 0 Å². The fourth-order valence-corrected chi connectivity index (χ4v) is 11.3. The first kappa shape index (κ1) is 84.4. The molecule has 3 fully saturated rings. The summed E-state index contributed by atoms with van der Waals surface area (Å²) in [6.07, 6.45) is 49.5. The number of aliphatic hydroxyl groups excluding tert-OH is 11. The van der Waals surface area contributed by atoms with E-state index in [2.05, 4.69) is 129 Å². The minimum atomic E-state index is -1.99. The van der Waals surface area contributed by atoms with Crippen molar-refractivity contribution in [2.45, 2.75) is 317 Å². The molecular formula is C75H125NO18. The highest BCUT2D eigenvalue weighted by Gasteiger charge is 2.53. The summed E-state index contributed by atoms with van der Waals surface area (Å²) in [6.45, 7) is 1.44. The van der Waals surface area contributed by atoms with E-state index in [1.807, 2.05) is 6.08 Å². The van der Waals surface area contributed by atoms with Gasteiger partial charge in [0.15, 0.2) is 18.9 Å². The van der Waals surface area contributed by atoms with E-state index in [1.54, 1.807) is 6.08 Å². The molecule has 0 aromatic heterocycles. The van der Waals surface area contributed by atoms with Gasteiger partial charge in [-0.05, 0) is 96.3 Å². The zero-order valence-electron chi connectivity index (χ0n) is 56.9. The maximum absolute atomic E-state index is 13.4. The van der Waals surface area contributed by atoms with Crippen LogP contribution < -0.4 is 5.32 Å². The van der Waals surface area contributed by atoms with Gasteiger partial charge >= 0.3 is 0 Å². The van der Waals surface area contributed by atoms with Gasteiger partial charge in [0.05, 0.1) is 38.6 Å². The average Bonchev–Trinajstić information content (AvgIpc) is 0.788. The lowest BCUT2D eigenvalue weighted by Gasteiger charge is -2.48. The Morgan fingerprint density at radius 3 is 1.15 bits per heavy atom. The maximum Gasteiger partial charge on any atom is 0.220 e. The number of hydrogen-bond donors (Lipinski definition) is 12. The van der Waals surface area contributed by atoms with Crippen LogP contribution in [0.15, 0.2) is 122 Å². The van der Waals surface area contributed by atoms with E-state index in [0.717, 1.165) is 89.9 Å². The summed E-state index contributed by atoms with van der Waals surface area (Å²) in [7, 11) is 0. The van der Waals surface area contributed by atoms with Crippen LogP contribution in [0.5, 0.6) is 0 Å². The highest BCUT2D eigenvalue weighted by atomic mass is 16.8. The van der Waals surface area contributed by atoms with Crippen LogP contribution in [-0.4, -0.2) is 193 Å². The van der Waals surface area contributed by atoms with E-state index in [0.29, 0.717) is 12.8 Å². The van der Waals surface area contributed by atoms with Crippen molar-refractivity contribution >= 4 is 5.91 Å². The Balaban J connectivity index is 1.29. The third-order valence-electron chi connectivity index (χ3n) is 17.0. The van der Waals surface area contributed by atoms with E-state index in [9.17, 15) is 61.0 Å². The predicted octanol–water partition coefficient (Wildman–Crippen LogP) is 9.99. The molecule has 0 spiro atoms. The molecule has 1 amide bonds. The second kappa shape index (κ2) is 55.1. The Bertz CT molecular complexity index is 2180. The minimum absolute atomic E-state index is 0.226. The summed E-state index contributed by atoms with van der Waals surface area (Å²) >= 11 is 0. The standard InChI is InChI=1S/C75H125NO18/c1-3-5-7-9-11-13-15-16-17-18-19-20-21-22-23-24-25-26-27-28-29-30-31-32-33-34-35-36-37-38-39-40-41-42-43-45-47-49-51-53-63(81)76-58(59(80)52-50-48-46-44-14-12-10-8-6-4-2)57-89-73-69(87)66(84)71(61(55-78)91-73)94-75-70(88)67(85)72(62(56-79)92-75)93-74-68(86)65(83)64(82)60(54-77)90-74/h5-8,11,13-14,16-17,19-20,22-23,25-26,28-29,44,50,52,58-62,64-75,77-80,82-88H,3-4,9-10,12,15,18,21,24,27,30-43,45-49,51,53-57H2,1-2H3,(H,76,81)/b7-5-,8-6+,13-11-,17-16-,20-19-,23-22-,26-25-,29-28-,44-14+,52-50+. The monoisotopic (exact) mass is 1330 g/mol. The Labute approximate surface area is 563 Å². The number of unbranched alkanes of at least 4 members (excludes halogenated alkanes) is 19. The molecule has 3 aliphatic heterocycles. The molecule has 0 bridgehead atoms. The van der Waals surface area contributed by atoms with Crippen molar-refractivity contribution < 1.29 is 89.4 Å². The van der Waals surface area contributed by atoms with E-state index in [4.69, 9.17) is 28.4 Å². The van der Waals surface area contributed by atoms with Crippen LogP contribution in [-0.2, 0) is 33.2 Å².